The maximum atomic E-state index is 7.04. The van der Waals surface area contributed by atoms with Gasteiger partial charge < -0.3 is 13.0 Å². The van der Waals surface area contributed by atoms with Crippen molar-refractivity contribution < 1.29 is 13.0 Å². The van der Waals surface area contributed by atoms with E-state index in [1.807, 2.05) is 0 Å². The summed E-state index contributed by atoms with van der Waals surface area (Å²) in [6.07, 6.45) is 1.19. The van der Waals surface area contributed by atoms with Crippen molar-refractivity contribution in [3.05, 3.63) is 0 Å². The van der Waals surface area contributed by atoms with E-state index in [1.165, 1.54) is 6.42 Å². The minimum absolute atomic E-state index is 0.00635. The van der Waals surface area contributed by atoms with Crippen LogP contribution in [-0.2, 0) is 13.0 Å². The molecule has 8 heteroatoms. The standard InChI is InChI=1S/C25H62O3Si5/c1-21(2)24(5,6)29(9)26-23(4)33(18,28-31(13,14)15)20-19-22(3)32(16,17)27-25(7,8)30(10,11)12/h21-23,29H,19-20H2,1-18H3/t22-,23?,29?,33?/m0/s1. The lowest BCUT2D eigenvalue weighted by Gasteiger charge is -2.46. The second kappa shape index (κ2) is 11.6. The van der Waals surface area contributed by atoms with Crippen molar-refractivity contribution in [2.45, 2.75) is 155 Å². The minimum Gasteiger partial charge on any atom is -0.454 e. The molecule has 0 spiro atoms. The van der Waals surface area contributed by atoms with Crippen molar-refractivity contribution in [2.24, 2.45) is 5.92 Å². The first-order valence-electron chi connectivity index (χ1n) is 13.3. The van der Waals surface area contributed by atoms with E-state index < -0.39 is 42.1 Å². The monoisotopic (exact) mass is 550 g/mol. The smallest absolute Gasteiger partial charge is 0.204 e. The lowest BCUT2D eigenvalue weighted by atomic mass is 9.99. The van der Waals surface area contributed by atoms with E-state index in [-0.39, 0.29) is 16.0 Å². The first kappa shape index (κ1) is 34.0. The van der Waals surface area contributed by atoms with Gasteiger partial charge in [0.15, 0.2) is 25.7 Å². The Bertz CT molecular complexity index is 608. The van der Waals surface area contributed by atoms with Gasteiger partial charge in [0.1, 0.15) is 0 Å². The highest BCUT2D eigenvalue weighted by molar-refractivity contribution is 6.86. The van der Waals surface area contributed by atoms with Crippen LogP contribution in [0.1, 0.15) is 61.8 Å². The Balaban J connectivity index is 5.62. The normalized spacial score (nSPS) is 19.4. The Morgan fingerprint density at radius 2 is 1.24 bits per heavy atom. The van der Waals surface area contributed by atoms with Crippen LogP contribution in [0.5, 0.6) is 0 Å². The molecule has 33 heavy (non-hydrogen) atoms. The summed E-state index contributed by atoms with van der Waals surface area (Å²) in [6, 6.07) is 1.16. The Kier molecular flexibility index (Phi) is 11.9. The van der Waals surface area contributed by atoms with E-state index in [2.05, 4.69) is 121 Å². The third-order valence-electron chi connectivity index (χ3n) is 8.93. The Labute approximate surface area is 215 Å². The van der Waals surface area contributed by atoms with Gasteiger partial charge in [-0.2, -0.15) is 0 Å². The molecule has 0 bridgehead atoms. The van der Waals surface area contributed by atoms with Crippen molar-refractivity contribution in [2.75, 3.05) is 0 Å². The third-order valence-corrected chi connectivity index (χ3v) is 27.8. The number of hydrogen-bond donors (Lipinski definition) is 0. The molecule has 0 aromatic carbocycles. The van der Waals surface area contributed by atoms with Gasteiger partial charge in [0.05, 0.1) is 13.8 Å². The summed E-state index contributed by atoms with van der Waals surface area (Å²) in [5.74, 6) is 0.635. The molecule has 0 amide bonds. The molecule has 0 rings (SSSR count). The summed E-state index contributed by atoms with van der Waals surface area (Å²) in [6.45, 7) is 42.9. The second-order valence-electron chi connectivity index (χ2n) is 14.8. The van der Waals surface area contributed by atoms with Gasteiger partial charge in [0.25, 0.3) is 0 Å². The highest BCUT2D eigenvalue weighted by Crippen LogP contribution is 2.41. The quantitative estimate of drug-likeness (QED) is 0.202. The molecule has 3 nitrogen and oxygen atoms in total. The summed E-state index contributed by atoms with van der Waals surface area (Å²) >= 11 is 0. The topological polar surface area (TPSA) is 27.7 Å². The SMILES string of the molecule is CC(C)C(C)(C)[SiH](C)OC(C)[Si](C)(CC[C@H](C)[Si](C)(C)OC(C)(C)[Si](C)(C)C)O[Si](C)(C)C. The lowest BCUT2D eigenvalue weighted by Crippen LogP contribution is -2.57. The van der Waals surface area contributed by atoms with E-state index >= 15 is 0 Å². The van der Waals surface area contributed by atoms with Gasteiger partial charge in [-0.25, -0.2) is 0 Å². The summed E-state index contributed by atoms with van der Waals surface area (Å²) in [4.78, 5) is 0. The molecule has 0 fully saturated rings. The van der Waals surface area contributed by atoms with Crippen LogP contribution in [0.25, 0.3) is 0 Å². The van der Waals surface area contributed by atoms with Crippen molar-refractivity contribution >= 4 is 42.1 Å². The average Bonchev–Trinajstić information content (AvgIpc) is 2.55. The van der Waals surface area contributed by atoms with E-state index in [4.69, 9.17) is 13.0 Å². The lowest BCUT2D eigenvalue weighted by molar-refractivity contribution is 0.169. The predicted octanol–water partition coefficient (Wildman–Crippen LogP) is 8.81. The predicted molar refractivity (Wildman–Crippen MR) is 163 cm³/mol. The fourth-order valence-corrected chi connectivity index (χ4v) is 20.3. The van der Waals surface area contributed by atoms with Crippen LogP contribution in [0.3, 0.4) is 0 Å². The number of hydrogen-bond acceptors (Lipinski definition) is 3. The molecule has 0 aliphatic carbocycles. The molecule has 0 aromatic rings. The fourth-order valence-electron chi connectivity index (χ4n) is 3.89. The van der Waals surface area contributed by atoms with Crippen LogP contribution in [0.2, 0.25) is 82.1 Å². The van der Waals surface area contributed by atoms with E-state index in [9.17, 15) is 0 Å². The number of rotatable bonds is 14. The first-order chi connectivity index (χ1) is 14.3. The van der Waals surface area contributed by atoms with Gasteiger partial charge in [-0.3, -0.25) is 0 Å². The van der Waals surface area contributed by atoms with Crippen molar-refractivity contribution in [1.82, 2.24) is 0 Å². The Morgan fingerprint density at radius 3 is 1.61 bits per heavy atom. The van der Waals surface area contributed by atoms with Crippen LogP contribution >= 0.6 is 0 Å². The van der Waals surface area contributed by atoms with Crippen molar-refractivity contribution in [1.29, 1.82) is 0 Å². The van der Waals surface area contributed by atoms with Crippen LogP contribution in [0, 0.1) is 5.92 Å². The first-order valence-corrected chi connectivity index (χ1v) is 28.1. The zero-order valence-electron chi connectivity index (χ0n) is 25.9. The zero-order chi connectivity index (χ0) is 26.8. The molecule has 0 aliphatic rings. The highest BCUT2D eigenvalue weighted by Gasteiger charge is 2.46. The third kappa shape index (κ3) is 10.1. The molecule has 200 valence electrons. The van der Waals surface area contributed by atoms with Crippen LogP contribution in [0.4, 0.5) is 0 Å². The molecular formula is C25H62O3Si5. The van der Waals surface area contributed by atoms with Crippen LogP contribution in [0.15, 0.2) is 0 Å². The fraction of sp³-hybridized carbons (Fsp3) is 1.00. The molecule has 0 aliphatic heterocycles. The van der Waals surface area contributed by atoms with Gasteiger partial charge in [0, 0.05) is 5.22 Å². The van der Waals surface area contributed by atoms with Gasteiger partial charge in [-0.05, 0) is 89.1 Å². The molecule has 0 saturated heterocycles. The summed E-state index contributed by atoms with van der Waals surface area (Å²) < 4.78 is 20.9. The van der Waals surface area contributed by atoms with E-state index in [0.717, 1.165) is 6.04 Å². The van der Waals surface area contributed by atoms with Crippen molar-refractivity contribution in [3.63, 3.8) is 0 Å². The van der Waals surface area contributed by atoms with Gasteiger partial charge >= 0.3 is 0 Å². The summed E-state index contributed by atoms with van der Waals surface area (Å²) in [7, 11) is -8.34. The van der Waals surface area contributed by atoms with Crippen LogP contribution in [-0.4, -0.2) is 53.0 Å². The van der Waals surface area contributed by atoms with E-state index in [0.29, 0.717) is 11.5 Å². The van der Waals surface area contributed by atoms with Crippen molar-refractivity contribution in [3.8, 4) is 0 Å². The molecule has 0 heterocycles. The summed E-state index contributed by atoms with van der Waals surface area (Å²) in [5, 5.41) is 0.285. The Morgan fingerprint density at radius 1 is 0.788 bits per heavy atom. The van der Waals surface area contributed by atoms with Crippen LogP contribution < -0.4 is 0 Å². The molecule has 3 unspecified atom stereocenters. The van der Waals surface area contributed by atoms with E-state index in [1.54, 1.807) is 0 Å². The summed E-state index contributed by atoms with van der Waals surface area (Å²) in [5.41, 5.74) is 0.833. The molecule has 0 aromatic heterocycles. The average molecular weight is 551 g/mol. The largest absolute Gasteiger partial charge is 0.454 e. The maximum Gasteiger partial charge on any atom is 0.204 e. The molecule has 0 N–H and O–H groups in total. The minimum atomic E-state index is -2.05. The molecule has 4 atom stereocenters. The maximum absolute atomic E-state index is 7.04. The van der Waals surface area contributed by atoms with Gasteiger partial charge in [-0.15, -0.1) is 0 Å². The highest BCUT2D eigenvalue weighted by atomic mass is 28.4. The second-order valence-corrected chi connectivity index (χ2v) is 37.0. The molecular weight excluding hydrogens is 489 g/mol. The van der Waals surface area contributed by atoms with Gasteiger partial charge in [0.2, 0.25) is 8.32 Å². The zero-order valence-corrected chi connectivity index (χ0v) is 31.1. The molecule has 0 saturated carbocycles. The molecule has 0 radical (unpaired) electrons. The Hall–Kier alpha value is 0.964. The van der Waals surface area contributed by atoms with Gasteiger partial charge in [-0.1, -0.05) is 60.7 Å².